The van der Waals surface area contributed by atoms with E-state index in [0.29, 0.717) is 34.9 Å². The Hall–Kier alpha value is -2.79. The number of fused-ring (bicyclic) bond motifs is 1. The van der Waals surface area contributed by atoms with Crippen LogP contribution in [-0.4, -0.2) is 29.8 Å². The zero-order valence-electron chi connectivity index (χ0n) is 14.6. The van der Waals surface area contributed by atoms with E-state index in [9.17, 15) is 9.59 Å². The zero-order chi connectivity index (χ0) is 18.7. The van der Waals surface area contributed by atoms with Gasteiger partial charge in [-0.05, 0) is 62.4 Å². The van der Waals surface area contributed by atoms with Crippen molar-refractivity contribution < 1.29 is 14.0 Å². The molecule has 0 radical (unpaired) electrons. The van der Waals surface area contributed by atoms with Gasteiger partial charge in [-0.1, -0.05) is 11.6 Å². The third kappa shape index (κ3) is 3.73. The monoisotopic (exact) mass is 370 g/mol. The van der Waals surface area contributed by atoms with Crippen molar-refractivity contribution in [1.29, 1.82) is 0 Å². The molecule has 2 aromatic carbocycles. The van der Waals surface area contributed by atoms with Crippen molar-refractivity contribution in [2.24, 2.45) is 0 Å². The first-order valence-corrected chi connectivity index (χ1v) is 8.79. The normalized spacial score (nSPS) is 10.7. The van der Waals surface area contributed by atoms with Gasteiger partial charge in [-0.25, -0.2) is 0 Å². The van der Waals surface area contributed by atoms with Gasteiger partial charge in [-0.15, -0.1) is 0 Å². The lowest BCUT2D eigenvalue weighted by atomic mass is 10.1. The highest BCUT2D eigenvalue weighted by atomic mass is 35.5. The predicted octanol–water partition coefficient (Wildman–Crippen LogP) is 4.82. The third-order valence-electron chi connectivity index (χ3n) is 4.14. The molecule has 0 saturated carbocycles. The Bertz CT molecular complexity index is 943. The largest absolute Gasteiger partial charge is 0.451 e. The van der Waals surface area contributed by atoms with E-state index in [1.807, 2.05) is 13.8 Å². The maximum Gasteiger partial charge on any atom is 0.291 e. The molecular weight excluding hydrogens is 352 g/mol. The van der Waals surface area contributed by atoms with E-state index >= 15 is 0 Å². The van der Waals surface area contributed by atoms with Crippen molar-refractivity contribution >= 4 is 40.1 Å². The maximum atomic E-state index is 12.4. The Labute approximate surface area is 156 Å². The van der Waals surface area contributed by atoms with Crippen molar-refractivity contribution in [2.45, 2.75) is 13.8 Å². The molecule has 0 bridgehead atoms. The standard InChI is InChI=1S/C20H19ClN2O3/c1-3-23(4-2)20(25)13-5-8-16(9-6-13)22-19(24)18-12-14-11-15(21)7-10-17(14)26-18/h5-12H,3-4H2,1-2H3,(H,22,24). The summed E-state index contributed by atoms with van der Waals surface area (Å²) in [4.78, 5) is 26.4. The van der Waals surface area contributed by atoms with Crippen molar-refractivity contribution in [3.8, 4) is 0 Å². The number of furan rings is 1. The van der Waals surface area contributed by atoms with Crippen LogP contribution in [0.1, 0.15) is 34.8 Å². The van der Waals surface area contributed by atoms with Gasteiger partial charge in [0.15, 0.2) is 5.76 Å². The molecule has 0 aliphatic carbocycles. The molecule has 1 heterocycles. The molecule has 1 N–H and O–H groups in total. The number of anilines is 1. The van der Waals surface area contributed by atoms with Crippen LogP contribution < -0.4 is 5.32 Å². The summed E-state index contributed by atoms with van der Waals surface area (Å²) in [6.07, 6.45) is 0. The van der Waals surface area contributed by atoms with E-state index < -0.39 is 0 Å². The minimum Gasteiger partial charge on any atom is -0.451 e. The van der Waals surface area contributed by atoms with Crippen molar-refractivity contribution in [3.05, 3.63) is 64.9 Å². The molecule has 0 spiro atoms. The molecule has 0 saturated heterocycles. The Morgan fingerprint density at radius 2 is 1.73 bits per heavy atom. The number of nitrogens with one attached hydrogen (secondary N) is 1. The Morgan fingerprint density at radius 1 is 1.04 bits per heavy atom. The molecular formula is C20H19ClN2O3. The van der Waals surface area contributed by atoms with Crippen LogP contribution in [0.5, 0.6) is 0 Å². The van der Waals surface area contributed by atoms with Gasteiger partial charge in [0.25, 0.3) is 11.8 Å². The first-order valence-electron chi connectivity index (χ1n) is 8.41. The summed E-state index contributed by atoms with van der Waals surface area (Å²) in [7, 11) is 0. The van der Waals surface area contributed by atoms with E-state index in [2.05, 4.69) is 5.32 Å². The molecule has 2 amide bonds. The minimum atomic E-state index is -0.361. The molecule has 26 heavy (non-hydrogen) atoms. The van der Waals surface area contributed by atoms with Gasteiger partial charge in [0.05, 0.1) is 0 Å². The third-order valence-corrected chi connectivity index (χ3v) is 4.38. The summed E-state index contributed by atoms with van der Waals surface area (Å²) in [6.45, 7) is 5.20. The zero-order valence-corrected chi connectivity index (χ0v) is 15.3. The van der Waals surface area contributed by atoms with Crippen LogP contribution in [0.2, 0.25) is 5.02 Å². The highest BCUT2D eigenvalue weighted by Gasteiger charge is 2.15. The summed E-state index contributed by atoms with van der Waals surface area (Å²) in [5, 5.41) is 4.12. The van der Waals surface area contributed by atoms with E-state index in [-0.39, 0.29) is 17.6 Å². The Kier molecular flexibility index (Phi) is 5.28. The second-order valence-electron chi connectivity index (χ2n) is 5.80. The van der Waals surface area contributed by atoms with Gasteiger partial charge in [0.2, 0.25) is 0 Å². The van der Waals surface area contributed by atoms with Crippen LogP contribution in [0.3, 0.4) is 0 Å². The van der Waals surface area contributed by atoms with Gasteiger partial charge in [0.1, 0.15) is 5.58 Å². The minimum absolute atomic E-state index is 0.0259. The lowest BCUT2D eigenvalue weighted by Gasteiger charge is -2.18. The van der Waals surface area contributed by atoms with Crippen molar-refractivity contribution in [1.82, 2.24) is 4.90 Å². The molecule has 0 aliphatic heterocycles. The van der Waals surface area contributed by atoms with Crippen LogP contribution in [0.25, 0.3) is 11.0 Å². The topological polar surface area (TPSA) is 62.6 Å². The summed E-state index contributed by atoms with van der Waals surface area (Å²) in [5.41, 5.74) is 1.77. The summed E-state index contributed by atoms with van der Waals surface area (Å²) in [6, 6.07) is 13.6. The van der Waals surface area contributed by atoms with Crippen LogP contribution >= 0.6 is 11.6 Å². The molecule has 1 aromatic heterocycles. The average Bonchev–Trinajstić information content (AvgIpc) is 3.06. The van der Waals surface area contributed by atoms with E-state index in [0.717, 1.165) is 5.39 Å². The van der Waals surface area contributed by atoms with Crippen LogP contribution in [0.15, 0.2) is 52.9 Å². The van der Waals surface area contributed by atoms with E-state index in [1.54, 1.807) is 53.4 Å². The molecule has 0 fully saturated rings. The summed E-state index contributed by atoms with van der Waals surface area (Å²) in [5.74, 6) is -0.187. The number of amides is 2. The highest BCUT2D eigenvalue weighted by Crippen LogP contribution is 2.23. The highest BCUT2D eigenvalue weighted by molar-refractivity contribution is 6.31. The first kappa shape index (κ1) is 18.0. The smallest absolute Gasteiger partial charge is 0.291 e. The van der Waals surface area contributed by atoms with Crippen LogP contribution in [-0.2, 0) is 0 Å². The van der Waals surface area contributed by atoms with Crippen LogP contribution in [0, 0.1) is 0 Å². The molecule has 3 rings (SSSR count). The van der Waals surface area contributed by atoms with Crippen molar-refractivity contribution in [3.63, 3.8) is 0 Å². The summed E-state index contributed by atoms with van der Waals surface area (Å²) < 4.78 is 5.55. The van der Waals surface area contributed by atoms with Gasteiger partial charge in [-0.3, -0.25) is 9.59 Å². The molecule has 5 nitrogen and oxygen atoms in total. The molecule has 6 heteroatoms. The van der Waals surface area contributed by atoms with Gasteiger partial charge in [0, 0.05) is 34.7 Å². The Balaban J connectivity index is 1.73. The maximum absolute atomic E-state index is 12.4. The summed E-state index contributed by atoms with van der Waals surface area (Å²) >= 11 is 5.95. The second-order valence-corrected chi connectivity index (χ2v) is 6.24. The quantitative estimate of drug-likeness (QED) is 0.700. The number of hydrogen-bond donors (Lipinski definition) is 1. The molecule has 0 aliphatic rings. The number of benzene rings is 2. The second kappa shape index (κ2) is 7.62. The number of rotatable bonds is 5. The fourth-order valence-electron chi connectivity index (χ4n) is 2.71. The molecule has 134 valence electrons. The lowest BCUT2D eigenvalue weighted by molar-refractivity contribution is 0.0773. The fourth-order valence-corrected chi connectivity index (χ4v) is 2.89. The number of hydrogen-bond acceptors (Lipinski definition) is 3. The lowest BCUT2D eigenvalue weighted by Crippen LogP contribution is -2.30. The average molecular weight is 371 g/mol. The number of carbonyl (C=O) groups excluding carboxylic acids is 2. The SMILES string of the molecule is CCN(CC)C(=O)c1ccc(NC(=O)c2cc3cc(Cl)ccc3o2)cc1. The number of nitrogens with zero attached hydrogens (tertiary/aromatic N) is 1. The molecule has 3 aromatic rings. The first-order chi connectivity index (χ1) is 12.5. The number of carbonyl (C=O) groups is 2. The number of halogens is 1. The molecule has 0 atom stereocenters. The van der Waals surface area contributed by atoms with E-state index in [1.165, 1.54) is 0 Å². The van der Waals surface area contributed by atoms with E-state index in [4.69, 9.17) is 16.0 Å². The van der Waals surface area contributed by atoms with Crippen LogP contribution in [0.4, 0.5) is 5.69 Å². The molecule has 0 unspecified atom stereocenters. The fraction of sp³-hybridized carbons (Fsp3) is 0.200. The van der Waals surface area contributed by atoms with Gasteiger partial charge < -0.3 is 14.6 Å². The van der Waals surface area contributed by atoms with Gasteiger partial charge in [-0.2, -0.15) is 0 Å². The van der Waals surface area contributed by atoms with Gasteiger partial charge >= 0.3 is 0 Å². The predicted molar refractivity (Wildman–Crippen MR) is 103 cm³/mol. The van der Waals surface area contributed by atoms with Crippen molar-refractivity contribution in [2.75, 3.05) is 18.4 Å². The Morgan fingerprint density at radius 3 is 2.38 bits per heavy atom.